The number of phenols is 2. The molecule has 0 unspecified atom stereocenters. The van der Waals surface area contributed by atoms with Gasteiger partial charge in [-0.15, -0.1) is 28.3 Å². The Morgan fingerprint density at radius 3 is 2.71 bits per heavy atom. The Balaban J connectivity index is 0.00000132. The zero-order valence-electron chi connectivity index (χ0n) is 11.1. The van der Waals surface area contributed by atoms with Crippen LogP contribution in [0.15, 0.2) is 18.2 Å². The van der Waals surface area contributed by atoms with E-state index in [4.69, 9.17) is 11.6 Å². The van der Waals surface area contributed by atoms with Crippen molar-refractivity contribution < 1.29 is 10.2 Å². The van der Waals surface area contributed by atoms with Crippen molar-refractivity contribution in [2.75, 3.05) is 0 Å². The minimum atomic E-state index is -0.0424. The molecule has 2 aromatic rings. The molecule has 0 saturated carbocycles. The third-order valence-electron chi connectivity index (χ3n) is 4.35. The number of benzene rings is 1. The molecule has 1 aromatic carbocycles. The van der Waals surface area contributed by atoms with E-state index in [9.17, 15) is 10.2 Å². The molecule has 1 aromatic heterocycles. The first-order valence-corrected chi connectivity index (χ1v) is 7.89. The predicted molar refractivity (Wildman–Crippen MR) is 90.2 cm³/mol. The molecule has 6 heteroatoms. The molecule has 2 heterocycles. The summed E-state index contributed by atoms with van der Waals surface area (Å²) in [7, 11) is 0. The van der Waals surface area contributed by atoms with E-state index in [1.807, 2.05) is 6.07 Å². The maximum absolute atomic E-state index is 9.83. The molecule has 3 nitrogen and oxygen atoms in total. The van der Waals surface area contributed by atoms with Crippen molar-refractivity contribution in [2.45, 2.75) is 31.3 Å². The molecule has 4 rings (SSSR count). The van der Waals surface area contributed by atoms with Crippen molar-refractivity contribution in [3.8, 4) is 11.5 Å². The number of fused-ring (bicyclic) bond motifs is 5. The molecule has 0 saturated heterocycles. The molecule has 21 heavy (non-hydrogen) atoms. The molecule has 0 spiro atoms. The molecule has 2 aliphatic rings. The topological polar surface area (TPSA) is 52.5 Å². The van der Waals surface area contributed by atoms with Crippen LogP contribution in [0.5, 0.6) is 11.5 Å². The zero-order chi connectivity index (χ0) is 13.9. The number of aryl methyl sites for hydroxylation is 1. The third kappa shape index (κ3) is 2.36. The van der Waals surface area contributed by atoms with Crippen molar-refractivity contribution in [1.82, 2.24) is 5.32 Å². The number of aromatic hydroxyl groups is 2. The number of halogens is 2. The van der Waals surface area contributed by atoms with Crippen molar-refractivity contribution in [2.24, 2.45) is 0 Å². The molecule has 0 radical (unpaired) electrons. The fraction of sp³-hybridized carbons (Fsp3) is 0.333. The van der Waals surface area contributed by atoms with Gasteiger partial charge in [0, 0.05) is 23.4 Å². The highest BCUT2D eigenvalue weighted by Gasteiger charge is 2.36. The van der Waals surface area contributed by atoms with Crippen LogP contribution in [0.4, 0.5) is 0 Å². The van der Waals surface area contributed by atoms with Crippen LogP contribution in [0, 0.1) is 0 Å². The van der Waals surface area contributed by atoms with Gasteiger partial charge in [-0.1, -0.05) is 11.6 Å². The highest BCUT2D eigenvalue weighted by atomic mass is 79.9. The van der Waals surface area contributed by atoms with Crippen LogP contribution >= 0.6 is 39.9 Å². The van der Waals surface area contributed by atoms with E-state index in [1.165, 1.54) is 10.4 Å². The Morgan fingerprint density at radius 2 is 1.90 bits per heavy atom. The van der Waals surface area contributed by atoms with Gasteiger partial charge >= 0.3 is 0 Å². The first-order chi connectivity index (χ1) is 9.63. The van der Waals surface area contributed by atoms with Crippen LogP contribution in [0.3, 0.4) is 0 Å². The van der Waals surface area contributed by atoms with Crippen LogP contribution in [-0.4, -0.2) is 16.3 Å². The number of phenolic OH excluding ortho intramolecular Hbond substituents is 2. The van der Waals surface area contributed by atoms with Crippen LogP contribution in [0.25, 0.3) is 0 Å². The summed E-state index contributed by atoms with van der Waals surface area (Å²) >= 11 is 7.80. The largest absolute Gasteiger partial charge is 0.504 e. The molecular formula is C15H15BrClNO2S. The zero-order valence-corrected chi connectivity index (χ0v) is 14.4. The van der Waals surface area contributed by atoms with Gasteiger partial charge in [-0.2, -0.15) is 0 Å². The van der Waals surface area contributed by atoms with Crippen LogP contribution < -0.4 is 5.32 Å². The van der Waals surface area contributed by atoms with E-state index in [2.05, 4.69) is 5.32 Å². The summed E-state index contributed by atoms with van der Waals surface area (Å²) in [5.74, 6) is 0.154. The lowest BCUT2D eigenvalue weighted by Crippen LogP contribution is -2.41. The van der Waals surface area contributed by atoms with Crippen molar-refractivity contribution in [3.63, 3.8) is 0 Å². The van der Waals surface area contributed by atoms with Gasteiger partial charge in [0.2, 0.25) is 0 Å². The molecule has 0 amide bonds. The van der Waals surface area contributed by atoms with E-state index in [-0.39, 0.29) is 34.4 Å². The first kappa shape index (κ1) is 15.2. The second-order valence-electron chi connectivity index (χ2n) is 5.48. The van der Waals surface area contributed by atoms with Gasteiger partial charge in [-0.3, -0.25) is 0 Å². The normalized spacial score (nSPS) is 22.7. The van der Waals surface area contributed by atoms with E-state index in [0.717, 1.165) is 34.8 Å². The lowest BCUT2D eigenvalue weighted by Gasteiger charge is -2.38. The summed E-state index contributed by atoms with van der Waals surface area (Å²) in [5.41, 5.74) is 3.49. The molecular weight excluding hydrogens is 374 g/mol. The SMILES string of the molecule is Br.Oc1cc2c(cc1O)[C@@H]1c3sc(Cl)cc3CN[C@H]1CC2. The monoisotopic (exact) mass is 387 g/mol. The average Bonchev–Trinajstić information content (AvgIpc) is 2.80. The number of hydrogen-bond donors (Lipinski definition) is 3. The summed E-state index contributed by atoms with van der Waals surface area (Å²) < 4.78 is 0.813. The summed E-state index contributed by atoms with van der Waals surface area (Å²) in [6.45, 7) is 0.860. The van der Waals surface area contributed by atoms with Gasteiger partial charge in [0.15, 0.2) is 11.5 Å². The Labute approximate surface area is 142 Å². The van der Waals surface area contributed by atoms with Gasteiger partial charge in [0.1, 0.15) is 0 Å². The van der Waals surface area contributed by atoms with Gasteiger partial charge in [-0.05, 0) is 47.7 Å². The van der Waals surface area contributed by atoms with Gasteiger partial charge < -0.3 is 15.5 Å². The predicted octanol–water partition coefficient (Wildman–Crippen LogP) is 3.94. The second kappa shape index (κ2) is 5.47. The Kier molecular flexibility index (Phi) is 3.94. The lowest BCUT2D eigenvalue weighted by molar-refractivity contribution is 0.383. The summed E-state index contributed by atoms with van der Waals surface area (Å²) in [6, 6.07) is 5.82. The maximum atomic E-state index is 9.83. The third-order valence-corrected chi connectivity index (χ3v) is 5.74. The molecule has 1 aliphatic carbocycles. The molecule has 2 atom stereocenters. The fourth-order valence-corrected chi connectivity index (χ4v) is 4.90. The fourth-order valence-electron chi connectivity index (χ4n) is 3.43. The Morgan fingerprint density at radius 1 is 1.14 bits per heavy atom. The molecule has 112 valence electrons. The Bertz CT molecular complexity index is 703. The minimum absolute atomic E-state index is 0. The molecule has 1 aliphatic heterocycles. The van der Waals surface area contributed by atoms with Gasteiger partial charge in [0.05, 0.1) is 4.34 Å². The van der Waals surface area contributed by atoms with Crippen molar-refractivity contribution in [3.05, 3.63) is 44.1 Å². The molecule has 0 fully saturated rings. The maximum Gasteiger partial charge on any atom is 0.157 e. The number of thiophene rings is 1. The van der Waals surface area contributed by atoms with Crippen molar-refractivity contribution >= 4 is 39.9 Å². The Hall–Kier alpha value is -0.750. The second-order valence-corrected chi connectivity index (χ2v) is 7.20. The van der Waals surface area contributed by atoms with Crippen LogP contribution in [0.1, 0.15) is 33.9 Å². The number of rotatable bonds is 0. The van der Waals surface area contributed by atoms with Crippen LogP contribution in [-0.2, 0) is 13.0 Å². The minimum Gasteiger partial charge on any atom is -0.504 e. The average molecular weight is 389 g/mol. The first-order valence-electron chi connectivity index (χ1n) is 6.69. The van der Waals surface area contributed by atoms with E-state index >= 15 is 0 Å². The molecule has 0 bridgehead atoms. The lowest BCUT2D eigenvalue weighted by atomic mass is 9.75. The molecule has 3 N–H and O–H groups in total. The van der Waals surface area contributed by atoms with Crippen molar-refractivity contribution in [1.29, 1.82) is 0 Å². The van der Waals surface area contributed by atoms with E-state index in [1.54, 1.807) is 23.5 Å². The summed E-state index contributed by atoms with van der Waals surface area (Å²) in [5, 5.41) is 23.1. The quantitative estimate of drug-likeness (QED) is 0.599. The van der Waals surface area contributed by atoms with Gasteiger partial charge in [0.25, 0.3) is 0 Å². The van der Waals surface area contributed by atoms with E-state index < -0.39 is 0 Å². The van der Waals surface area contributed by atoms with Crippen LogP contribution in [0.2, 0.25) is 4.34 Å². The number of hydrogen-bond acceptors (Lipinski definition) is 4. The van der Waals surface area contributed by atoms with E-state index in [0.29, 0.717) is 6.04 Å². The smallest absolute Gasteiger partial charge is 0.157 e. The number of nitrogens with one attached hydrogen (secondary N) is 1. The van der Waals surface area contributed by atoms with Gasteiger partial charge in [-0.25, -0.2) is 0 Å². The highest BCUT2D eigenvalue weighted by Crippen LogP contribution is 2.47. The summed E-state index contributed by atoms with van der Waals surface area (Å²) in [4.78, 5) is 1.30. The summed E-state index contributed by atoms with van der Waals surface area (Å²) in [6.07, 6.45) is 1.96. The standard InChI is InChI=1S/C15H14ClNO2S.BrH/c16-13-4-8-6-17-10-2-1-7-3-11(18)12(19)5-9(7)14(10)15(8)20-13;/h3-5,10,14,17-19H,1-2,6H2;1H/t10-,14-;/m0./s1. The highest BCUT2D eigenvalue weighted by molar-refractivity contribution is 8.93.